The number of aromatic nitrogens is 2. The summed E-state index contributed by atoms with van der Waals surface area (Å²) in [5.74, 6) is 0. The second-order valence-corrected chi connectivity index (χ2v) is 3.96. The normalized spacial score (nSPS) is 10.4. The van der Waals surface area contributed by atoms with Crippen molar-refractivity contribution in [1.82, 2.24) is 9.78 Å². The Morgan fingerprint density at radius 2 is 2.00 bits per heavy atom. The molecule has 0 radical (unpaired) electrons. The van der Waals surface area contributed by atoms with Crippen LogP contribution in [0, 0.1) is 13.8 Å². The number of aryl methyl sites for hydroxylation is 2. The molecule has 0 aliphatic carbocycles. The van der Waals surface area contributed by atoms with Gasteiger partial charge in [-0.3, -0.25) is 4.79 Å². The summed E-state index contributed by atoms with van der Waals surface area (Å²) in [5, 5.41) is 4.63. The molecular weight excluding hydrogens is 224 g/mol. The Hall–Kier alpha value is -1.61. The van der Waals surface area contributed by atoms with E-state index in [9.17, 15) is 4.79 Å². The molecule has 0 fully saturated rings. The van der Waals surface area contributed by atoms with Gasteiger partial charge in [-0.15, -0.1) is 0 Å². The fourth-order valence-corrected chi connectivity index (χ4v) is 1.92. The van der Waals surface area contributed by atoms with Crippen LogP contribution in [0.3, 0.4) is 0 Å². The zero-order valence-electron chi connectivity index (χ0n) is 9.07. The van der Waals surface area contributed by atoms with Crippen LogP contribution in [0.15, 0.2) is 24.3 Å². The molecule has 1 aromatic carbocycles. The highest BCUT2D eigenvalue weighted by molar-refractivity contribution is 6.32. The van der Waals surface area contributed by atoms with E-state index < -0.39 is 0 Å². The minimum Gasteiger partial charge on any atom is -0.298 e. The number of carbonyl (C=O) groups excluding carboxylic acids is 1. The zero-order valence-corrected chi connectivity index (χ0v) is 9.82. The average Bonchev–Trinajstić information content (AvgIpc) is 2.55. The lowest BCUT2D eigenvalue weighted by atomic mass is 10.2. The SMILES string of the molecule is Cc1ccccc1-n1nc(C)c(C=O)c1Cl. The van der Waals surface area contributed by atoms with Gasteiger partial charge in [0.15, 0.2) is 6.29 Å². The standard InChI is InChI=1S/C12H11ClN2O/c1-8-5-3-4-6-11(8)15-12(13)10(7-16)9(2)14-15/h3-7H,1-2H3. The Balaban J connectivity index is 2.66. The summed E-state index contributed by atoms with van der Waals surface area (Å²) < 4.78 is 1.59. The lowest BCUT2D eigenvalue weighted by Gasteiger charge is -2.06. The van der Waals surface area contributed by atoms with Gasteiger partial charge in [-0.25, -0.2) is 4.68 Å². The minimum absolute atomic E-state index is 0.363. The van der Waals surface area contributed by atoms with Gasteiger partial charge in [0.1, 0.15) is 5.15 Å². The molecule has 0 unspecified atom stereocenters. The molecule has 2 aromatic rings. The Labute approximate surface area is 98.7 Å². The van der Waals surface area contributed by atoms with E-state index in [4.69, 9.17) is 11.6 Å². The number of hydrogen-bond donors (Lipinski definition) is 0. The third-order valence-corrected chi connectivity index (χ3v) is 2.87. The third kappa shape index (κ3) is 1.63. The highest BCUT2D eigenvalue weighted by atomic mass is 35.5. The smallest absolute Gasteiger partial charge is 0.155 e. The predicted octanol–water partition coefficient (Wildman–Crippen LogP) is 2.96. The molecule has 0 amide bonds. The van der Waals surface area contributed by atoms with E-state index in [1.54, 1.807) is 11.6 Å². The largest absolute Gasteiger partial charge is 0.298 e. The van der Waals surface area contributed by atoms with Gasteiger partial charge in [0.05, 0.1) is 16.9 Å². The zero-order chi connectivity index (χ0) is 11.7. The highest BCUT2D eigenvalue weighted by Crippen LogP contribution is 2.23. The predicted molar refractivity (Wildman–Crippen MR) is 63.4 cm³/mol. The Morgan fingerprint density at radius 1 is 1.31 bits per heavy atom. The Morgan fingerprint density at radius 3 is 2.56 bits per heavy atom. The molecule has 0 aliphatic heterocycles. The van der Waals surface area contributed by atoms with Crippen LogP contribution >= 0.6 is 11.6 Å². The van der Waals surface area contributed by atoms with E-state index in [-0.39, 0.29) is 0 Å². The van der Waals surface area contributed by atoms with Crippen LogP contribution in [0.25, 0.3) is 5.69 Å². The molecular formula is C12H11ClN2O. The number of hydrogen-bond acceptors (Lipinski definition) is 2. The number of carbonyl (C=O) groups is 1. The minimum atomic E-state index is 0.363. The molecule has 1 heterocycles. The van der Waals surface area contributed by atoms with Gasteiger partial charge in [-0.05, 0) is 25.5 Å². The maximum Gasteiger partial charge on any atom is 0.155 e. The molecule has 0 bridgehead atoms. The molecule has 4 heteroatoms. The summed E-state index contributed by atoms with van der Waals surface area (Å²) in [7, 11) is 0. The monoisotopic (exact) mass is 234 g/mol. The molecule has 82 valence electrons. The summed E-state index contributed by atoms with van der Waals surface area (Å²) in [6.45, 7) is 3.74. The highest BCUT2D eigenvalue weighted by Gasteiger charge is 2.14. The molecule has 0 saturated carbocycles. The number of halogens is 1. The number of para-hydroxylation sites is 1. The van der Waals surface area contributed by atoms with E-state index in [1.165, 1.54) is 0 Å². The Kier molecular flexibility index (Phi) is 2.79. The quantitative estimate of drug-likeness (QED) is 0.749. The molecule has 2 rings (SSSR count). The van der Waals surface area contributed by atoms with Gasteiger partial charge in [0.25, 0.3) is 0 Å². The van der Waals surface area contributed by atoms with Crippen LogP contribution in [0.4, 0.5) is 0 Å². The topological polar surface area (TPSA) is 34.9 Å². The van der Waals surface area contributed by atoms with Crippen LogP contribution in [-0.4, -0.2) is 16.1 Å². The van der Waals surface area contributed by atoms with E-state index in [1.807, 2.05) is 31.2 Å². The summed E-state index contributed by atoms with van der Waals surface area (Å²) in [6.07, 6.45) is 0.736. The van der Waals surface area contributed by atoms with Crippen LogP contribution in [0.1, 0.15) is 21.6 Å². The molecule has 0 atom stereocenters. The number of rotatable bonds is 2. The van der Waals surface area contributed by atoms with E-state index >= 15 is 0 Å². The van der Waals surface area contributed by atoms with Crippen molar-refractivity contribution in [3.8, 4) is 5.69 Å². The van der Waals surface area contributed by atoms with Gasteiger partial charge in [0.2, 0.25) is 0 Å². The van der Waals surface area contributed by atoms with Crippen LogP contribution in [-0.2, 0) is 0 Å². The summed E-state index contributed by atoms with van der Waals surface area (Å²) in [5.41, 5.74) is 3.04. The van der Waals surface area contributed by atoms with Crippen molar-refractivity contribution in [2.24, 2.45) is 0 Å². The van der Waals surface area contributed by atoms with Crippen LogP contribution < -0.4 is 0 Å². The first kappa shape index (κ1) is 10.9. The molecule has 1 aromatic heterocycles. The molecule has 16 heavy (non-hydrogen) atoms. The number of benzene rings is 1. The first-order chi connectivity index (χ1) is 7.65. The first-order valence-corrected chi connectivity index (χ1v) is 5.29. The van der Waals surface area contributed by atoms with Gasteiger partial charge in [-0.1, -0.05) is 29.8 Å². The van der Waals surface area contributed by atoms with E-state index in [2.05, 4.69) is 5.10 Å². The summed E-state index contributed by atoms with van der Waals surface area (Å²) in [6, 6.07) is 7.76. The maximum atomic E-state index is 10.8. The lowest BCUT2D eigenvalue weighted by molar-refractivity contribution is 0.112. The first-order valence-electron chi connectivity index (χ1n) is 4.91. The molecule has 3 nitrogen and oxygen atoms in total. The van der Waals surface area contributed by atoms with Gasteiger partial charge >= 0.3 is 0 Å². The maximum absolute atomic E-state index is 10.8. The molecule has 0 spiro atoms. The van der Waals surface area contributed by atoms with E-state index in [0.717, 1.165) is 17.5 Å². The van der Waals surface area contributed by atoms with Crippen molar-refractivity contribution in [2.45, 2.75) is 13.8 Å². The molecule has 0 aliphatic rings. The van der Waals surface area contributed by atoms with Crippen LogP contribution in [0.2, 0.25) is 5.15 Å². The van der Waals surface area contributed by atoms with E-state index in [0.29, 0.717) is 16.4 Å². The van der Waals surface area contributed by atoms with Gasteiger partial charge in [-0.2, -0.15) is 5.10 Å². The average molecular weight is 235 g/mol. The second-order valence-electron chi connectivity index (χ2n) is 3.61. The van der Waals surface area contributed by atoms with Crippen molar-refractivity contribution in [3.63, 3.8) is 0 Å². The second kappa shape index (κ2) is 4.10. The fraction of sp³-hybridized carbons (Fsp3) is 0.167. The molecule has 0 saturated heterocycles. The fourth-order valence-electron chi connectivity index (χ4n) is 1.61. The van der Waals surface area contributed by atoms with Crippen molar-refractivity contribution >= 4 is 17.9 Å². The van der Waals surface area contributed by atoms with Crippen LogP contribution in [0.5, 0.6) is 0 Å². The molecule has 0 N–H and O–H groups in total. The van der Waals surface area contributed by atoms with Crippen molar-refractivity contribution in [2.75, 3.05) is 0 Å². The number of nitrogens with zero attached hydrogens (tertiary/aromatic N) is 2. The lowest BCUT2D eigenvalue weighted by Crippen LogP contribution is -1.99. The van der Waals surface area contributed by atoms with Gasteiger partial charge < -0.3 is 0 Å². The van der Waals surface area contributed by atoms with Crippen molar-refractivity contribution in [3.05, 3.63) is 46.2 Å². The van der Waals surface area contributed by atoms with Crippen molar-refractivity contribution < 1.29 is 4.79 Å². The summed E-state index contributed by atoms with van der Waals surface area (Å²) in [4.78, 5) is 10.8. The Bertz CT molecular complexity index is 546. The summed E-state index contributed by atoms with van der Waals surface area (Å²) >= 11 is 6.11. The third-order valence-electron chi connectivity index (χ3n) is 2.51. The van der Waals surface area contributed by atoms with Gasteiger partial charge in [0, 0.05) is 0 Å². The number of aldehydes is 1. The van der Waals surface area contributed by atoms with Crippen molar-refractivity contribution in [1.29, 1.82) is 0 Å².